The SMILES string of the molecule is CCCCC/C=C\C=C/[C@@H](O)C/C=C\C/C=C/CCCC(=O)OC[C@H](COP(=O)(O)OCC[N+](C)(C)C)OC(=O)CCC/C=C\C/C=C\C/C=C\CCCCCCCC. The molecule has 0 aliphatic rings. The molecule has 0 spiro atoms. The summed E-state index contributed by atoms with van der Waals surface area (Å²) < 4.78 is 34.1. The lowest BCUT2D eigenvalue weighted by atomic mass is 10.1. The van der Waals surface area contributed by atoms with Gasteiger partial charge >= 0.3 is 19.8 Å². The lowest BCUT2D eigenvalue weighted by molar-refractivity contribution is -0.870. The highest BCUT2D eigenvalue weighted by atomic mass is 31.2. The molecule has 0 rings (SSSR count). The Kier molecular flexibility index (Phi) is 37.4. The summed E-state index contributed by atoms with van der Waals surface area (Å²) in [6, 6.07) is 0. The van der Waals surface area contributed by atoms with Crippen LogP contribution < -0.4 is 0 Å². The zero-order valence-electron chi connectivity index (χ0n) is 37.6. The molecule has 0 aromatic rings. The van der Waals surface area contributed by atoms with Gasteiger partial charge in [-0.2, -0.15) is 0 Å². The Morgan fingerprint density at radius 3 is 1.75 bits per heavy atom. The summed E-state index contributed by atoms with van der Waals surface area (Å²) in [6.45, 7) is 4.15. The van der Waals surface area contributed by atoms with Crippen molar-refractivity contribution in [1.29, 1.82) is 0 Å². The fourth-order valence-electron chi connectivity index (χ4n) is 5.39. The molecule has 0 fully saturated rings. The van der Waals surface area contributed by atoms with Crippen molar-refractivity contribution in [1.82, 2.24) is 0 Å². The first kappa shape index (κ1) is 56.1. The van der Waals surface area contributed by atoms with Crippen LogP contribution in [0.2, 0.25) is 0 Å². The molecule has 3 atom stereocenters. The number of nitrogens with zero attached hydrogens (tertiary/aromatic N) is 1. The smallest absolute Gasteiger partial charge is 0.462 e. The molecule has 1 unspecified atom stereocenters. The molecular formula is C48H83NO9P+. The maximum atomic E-state index is 12.7. The van der Waals surface area contributed by atoms with Gasteiger partial charge in [0.05, 0.1) is 33.9 Å². The average molecular weight is 849 g/mol. The minimum atomic E-state index is -4.42. The molecule has 10 nitrogen and oxygen atoms in total. The highest BCUT2D eigenvalue weighted by molar-refractivity contribution is 7.47. The van der Waals surface area contributed by atoms with E-state index in [1.807, 2.05) is 63.7 Å². The molecule has 0 saturated heterocycles. The van der Waals surface area contributed by atoms with E-state index in [0.717, 1.165) is 32.1 Å². The molecule has 0 bridgehead atoms. The van der Waals surface area contributed by atoms with E-state index in [2.05, 4.69) is 50.3 Å². The quantitative estimate of drug-likeness (QED) is 0.0155. The lowest BCUT2D eigenvalue weighted by Gasteiger charge is -2.24. The van der Waals surface area contributed by atoms with Gasteiger partial charge in [-0.1, -0.05) is 144 Å². The second-order valence-corrected chi connectivity index (χ2v) is 17.4. The van der Waals surface area contributed by atoms with E-state index in [4.69, 9.17) is 18.5 Å². The van der Waals surface area contributed by atoms with E-state index in [0.29, 0.717) is 43.1 Å². The highest BCUT2D eigenvalue weighted by Gasteiger charge is 2.27. The van der Waals surface area contributed by atoms with Gasteiger partial charge in [-0.25, -0.2) is 4.57 Å². The van der Waals surface area contributed by atoms with Gasteiger partial charge in [0.2, 0.25) is 0 Å². The largest absolute Gasteiger partial charge is 0.472 e. The number of hydrogen-bond donors (Lipinski definition) is 2. The van der Waals surface area contributed by atoms with E-state index < -0.39 is 38.6 Å². The first-order valence-corrected chi connectivity index (χ1v) is 23.9. The molecule has 0 aromatic carbocycles. The monoisotopic (exact) mass is 849 g/mol. The zero-order valence-corrected chi connectivity index (χ0v) is 38.5. The third-order valence-corrected chi connectivity index (χ3v) is 9.96. The molecule has 2 N–H and O–H groups in total. The number of carbonyl (C=O) groups is 2. The van der Waals surface area contributed by atoms with Crippen LogP contribution in [-0.2, 0) is 32.7 Å². The van der Waals surface area contributed by atoms with Gasteiger partial charge in [-0.3, -0.25) is 18.6 Å². The van der Waals surface area contributed by atoms with Crippen LogP contribution >= 0.6 is 7.82 Å². The van der Waals surface area contributed by atoms with Gasteiger partial charge in [0.25, 0.3) is 0 Å². The number of hydrogen-bond acceptors (Lipinski definition) is 8. The predicted molar refractivity (Wildman–Crippen MR) is 244 cm³/mol. The van der Waals surface area contributed by atoms with Crippen LogP contribution in [0.15, 0.2) is 85.1 Å². The molecule has 338 valence electrons. The van der Waals surface area contributed by atoms with Crippen molar-refractivity contribution in [2.75, 3.05) is 47.5 Å². The third-order valence-electron chi connectivity index (χ3n) is 8.98. The minimum Gasteiger partial charge on any atom is -0.462 e. The fraction of sp³-hybridized carbons (Fsp3) is 0.667. The summed E-state index contributed by atoms with van der Waals surface area (Å²) in [5.41, 5.74) is 0. The van der Waals surface area contributed by atoms with E-state index >= 15 is 0 Å². The number of likely N-dealkylation sites (N-methyl/N-ethyl adjacent to an activating group) is 1. The van der Waals surface area contributed by atoms with Crippen molar-refractivity contribution in [3.05, 3.63) is 85.1 Å². The molecule has 0 heterocycles. The van der Waals surface area contributed by atoms with Crippen LogP contribution in [0, 0.1) is 0 Å². The molecule has 0 aromatic heterocycles. The lowest BCUT2D eigenvalue weighted by Crippen LogP contribution is -2.37. The van der Waals surface area contributed by atoms with Gasteiger partial charge in [0, 0.05) is 12.8 Å². The number of esters is 2. The van der Waals surface area contributed by atoms with Crippen molar-refractivity contribution in [3.8, 4) is 0 Å². The summed E-state index contributed by atoms with van der Waals surface area (Å²) in [5, 5.41) is 10.1. The van der Waals surface area contributed by atoms with E-state index in [1.165, 1.54) is 57.8 Å². The second kappa shape index (κ2) is 39.3. The maximum absolute atomic E-state index is 12.7. The predicted octanol–water partition coefficient (Wildman–Crippen LogP) is 11.8. The number of allylic oxidation sites excluding steroid dienone is 12. The Morgan fingerprint density at radius 2 is 1.12 bits per heavy atom. The molecule has 11 heteroatoms. The average Bonchev–Trinajstić information content (AvgIpc) is 3.18. The number of phosphoric ester groups is 1. The van der Waals surface area contributed by atoms with Gasteiger partial charge in [-0.15, -0.1) is 0 Å². The molecule has 59 heavy (non-hydrogen) atoms. The minimum absolute atomic E-state index is 0.000790. The molecular weight excluding hydrogens is 765 g/mol. The Morgan fingerprint density at radius 1 is 0.610 bits per heavy atom. The van der Waals surface area contributed by atoms with E-state index in [-0.39, 0.29) is 26.1 Å². The summed E-state index contributed by atoms with van der Waals surface area (Å²) in [6.07, 6.45) is 46.7. The number of quaternary nitrogens is 1. The van der Waals surface area contributed by atoms with Crippen molar-refractivity contribution >= 4 is 19.8 Å². The summed E-state index contributed by atoms with van der Waals surface area (Å²) >= 11 is 0. The van der Waals surface area contributed by atoms with Gasteiger partial charge in [0.1, 0.15) is 19.8 Å². The van der Waals surface area contributed by atoms with Crippen molar-refractivity contribution in [2.24, 2.45) is 0 Å². The highest BCUT2D eigenvalue weighted by Crippen LogP contribution is 2.43. The summed E-state index contributed by atoms with van der Waals surface area (Å²) in [4.78, 5) is 35.3. The number of ether oxygens (including phenoxy) is 2. The molecule has 0 radical (unpaired) electrons. The Bertz CT molecular complexity index is 1300. The molecule has 0 saturated carbocycles. The summed E-state index contributed by atoms with van der Waals surface area (Å²) in [7, 11) is 1.37. The molecule has 0 aliphatic heterocycles. The Hall–Kier alpha value is -2.85. The van der Waals surface area contributed by atoms with Crippen LogP contribution in [-0.4, -0.2) is 86.1 Å². The Balaban J connectivity index is 4.61. The summed E-state index contributed by atoms with van der Waals surface area (Å²) in [5.74, 6) is -0.975. The van der Waals surface area contributed by atoms with Gasteiger partial charge in [-0.05, 0) is 77.0 Å². The standard InChI is InChI=1S/C48H82NO9P/c1-6-8-10-12-14-15-16-17-18-19-20-21-22-23-27-32-36-40-48(52)58-46(44-57-59(53,54)56-42-41-49(3,4)5)43-55-47(51)39-35-31-28-24-26-30-34-38-45(50)37-33-29-25-13-11-9-7-2/h17-18,20-21,23-25,27-30,33-34,37,45-46,50H,6-16,19,22,26,31-32,35-36,38-44H2,1-5H3/p+1/b18-17-,21-20-,27-23-,28-24+,29-25-,34-30-,37-33-/t45-,46-/m1/s1. The van der Waals surface area contributed by atoms with Crippen molar-refractivity contribution in [2.45, 2.75) is 161 Å². The maximum Gasteiger partial charge on any atom is 0.472 e. The number of carbonyl (C=O) groups excluding carboxylic acids is 2. The third kappa shape index (κ3) is 43.1. The Labute approximate surface area is 359 Å². The van der Waals surface area contributed by atoms with Crippen LogP contribution in [0.25, 0.3) is 0 Å². The number of phosphoric acid groups is 1. The van der Waals surface area contributed by atoms with Crippen LogP contribution in [0.1, 0.15) is 149 Å². The first-order valence-electron chi connectivity index (χ1n) is 22.4. The van der Waals surface area contributed by atoms with Crippen molar-refractivity contribution < 1.29 is 47.2 Å². The normalized spacial score (nSPS) is 14.9. The van der Waals surface area contributed by atoms with Gasteiger partial charge < -0.3 is 24.0 Å². The molecule has 0 amide bonds. The van der Waals surface area contributed by atoms with E-state index in [1.54, 1.807) is 6.08 Å². The van der Waals surface area contributed by atoms with Crippen LogP contribution in [0.3, 0.4) is 0 Å². The number of aliphatic hydroxyl groups excluding tert-OH is 1. The van der Waals surface area contributed by atoms with Gasteiger partial charge in [0.15, 0.2) is 6.10 Å². The zero-order chi connectivity index (χ0) is 43.7. The number of aliphatic hydroxyl groups is 1. The fourth-order valence-corrected chi connectivity index (χ4v) is 6.14. The number of unbranched alkanes of at least 4 members (excludes halogenated alkanes) is 11. The molecule has 0 aliphatic carbocycles. The number of rotatable bonds is 39. The van der Waals surface area contributed by atoms with E-state index in [9.17, 15) is 24.2 Å². The topological polar surface area (TPSA) is 129 Å². The van der Waals surface area contributed by atoms with Crippen molar-refractivity contribution in [3.63, 3.8) is 0 Å². The second-order valence-electron chi connectivity index (χ2n) is 15.9. The van der Waals surface area contributed by atoms with Crippen LogP contribution in [0.5, 0.6) is 0 Å². The van der Waals surface area contributed by atoms with Crippen LogP contribution in [0.4, 0.5) is 0 Å². The first-order chi connectivity index (χ1) is 28.4.